The fraction of sp³-hybridized carbons (Fsp3) is 0.667. The zero-order valence-corrected chi connectivity index (χ0v) is 15.5. The van der Waals surface area contributed by atoms with Crippen molar-refractivity contribution in [3.8, 4) is 0 Å². The van der Waals surface area contributed by atoms with Crippen LogP contribution < -0.4 is 5.32 Å². The predicted octanol–water partition coefficient (Wildman–Crippen LogP) is 2.84. The van der Waals surface area contributed by atoms with Gasteiger partial charge in [-0.05, 0) is 45.1 Å². The van der Waals surface area contributed by atoms with Gasteiger partial charge < -0.3 is 25.0 Å². The number of ether oxygens (including phenoxy) is 1. The fourth-order valence-corrected chi connectivity index (χ4v) is 3.18. The molecule has 0 aromatic carbocycles. The number of carboxylic acid groups (broad SMARTS) is 1. The highest BCUT2D eigenvalue weighted by Crippen LogP contribution is 2.29. The van der Waals surface area contributed by atoms with Crippen LogP contribution in [0, 0.1) is 5.41 Å². The molecular formula is C18H29N3O4. The molecule has 1 aromatic rings. The molecule has 1 unspecified atom stereocenters. The molecule has 1 aliphatic rings. The molecule has 1 saturated heterocycles. The maximum absolute atomic E-state index is 12.3. The molecular weight excluding hydrogens is 322 g/mol. The summed E-state index contributed by atoms with van der Waals surface area (Å²) in [6.07, 6.45) is 3.30. The van der Waals surface area contributed by atoms with E-state index in [9.17, 15) is 9.59 Å². The molecule has 0 aliphatic carbocycles. The lowest BCUT2D eigenvalue weighted by Crippen LogP contribution is -2.50. The average Bonchev–Trinajstić information content (AvgIpc) is 2.94. The number of carboxylic acids is 1. The molecule has 140 valence electrons. The molecule has 0 radical (unpaired) electrons. The van der Waals surface area contributed by atoms with Gasteiger partial charge in [0.15, 0.2) is 0 Å². The summed E-state index contributed by atoms with van der Waals surface area (Å²) in [6, 6.07) is 1.56. The molecule has 0 saturated carbocycles. The van der Waals surface area contributed by atoms with Crippen LogP contribution in [0.5, 0.6) is 0 Å². The van der Waals surface area contributed by atoms with Crippen molar-refractivity contribution in [2.45, 2.75) is 52.7 Å². The minimum atomic E-state index is -0.932. The number of H-pyrrole nitrogens is 1. The number of aromatic nitrogens is 1. The zero-order valence-electron chi connectivity index (χ0n) is 15.5. The Kier molecular flexibility index (Phi) is 5.77. The number of aromatic carboxylic acids is 1. The summed E-state index contributed by atoms with van der Waals surface area (Å²) in [5.41, 5.74) is 0.391. The second-order valence-corrected chi connectivity index (χ2v) is 8.09. The molecule has 3 N–H and O–H groups in total. The van der Waals surface area contributed by atoms with E-state index in [4.69, 9.17) is 9.84 Å². The Morgan fingerprint density at radius 3 is 2.80 bits per heavy atom. The lowest BCUT2D eigenvalue weighted by molar-refractivity contribution is 0.00671. The molecule has 25 heavy (non-hydrogen) atoms. The third-order valence-electron chi connectivity index (χ3n) is 4.35. The number of carbonyl (C=O) groups is 2. The molecule has 2 heterocycles. The molecule has 1 amide bonds. The first-order valence-corrected chi connectivity index (χ1v) is 8.68. The monoisotopic (exact) mass is 351 g/mol. The summed E-state index contributed by atoms with van der Waals surface area (Å²) in [7, 11) is 0. The highest BCUT2D eigenvalue weighted by atomic mass is 16.6. The quantitative estimate of drug-likeness (QED) is 0.758. The van der Waals surface area contributed by atoms with Gasteiger partial charge in [-0.15, -0.1) is 0 Å². The van der Waals surface area contributed by atoms with E-state index < -0.39 is 11.6 Å². The molecule has 0 bridgehead atoms. The van der Waals surface area contributed by atoms with Crippen molar-refractivity contribution in [3.05, 3.63) is 23.5 Å². The van der Waals surface area contributed by atoms with Gasteiger partial charge in [0.05, 0.1) is 5.56 Å². The van der Waals surface area contributed by atoms with E-state index in [0.29, 0.717) is 31.9 Å². The summed E-state index contributed by atoms with van der Waals surface area (Å²) < 4.78 is 5.47. The number of carbonyl (C=O) groups excluding carboxylic acids is 1. The lowest BCUT2D eigenvalue weighted by Gasteiger charge is -2.41. The lowest BCUT2D eigenvalue weighted by atomic mass is 9.82. The first-order chi connectivity index (χ1) is 11.6. The van der Waals surface area contributed by atoms with Crippen molar-refractivity contribution in [2.75, 3.05) is 19.6 Å². The van der Waals surface area contributed by atoms with Crippen LogP contribution in [0.25, 0.3) is 0 Å². The third kappa shape index (κ3) is 5.49. The van der Waals surface area contributed by atoms with Crippen molar-refractivity contribution in [1.29, 1.82) is 0 Å². The van der Waals surface area contributed by atoms with Crippen LogP contribution >= 0.6 is 0 Å². The number of amides is 1. The van der Waals surface area contributed by atoms with Gasteiger partial charge in [-0.2, -0.15) is 0 Å². The van der Waals surface area contributed by atoms with E-state index >= 15 is 0 Å². The molecule has 1 fully saturated rings. The maximum Gasteiger partial charge on any atom is 0.410 e. The van der Waals surface area contributed by atoms with E-state index in [1.54, 1.807) is 17.2 Å². The van der Waals surface area contributed by atoms with Gasteiger partial charge in [0.2, 0.25) is 0 Å². The Labute approximate surface area is 148 Å². The number of rotatable bonds is 5. The van der Waals surface area contributed by atoms with Crippen molar-refractivity contribution < 1.29 is 19.4 Å². The van der Waals surface area contributed by atoms with Crippen LogP contribution in [0.2, 0.25) is 0 Å². The second-order valence-electron chi connectivity index (χ2n) is 8.09. The van der Waals surface area contributed by atoms with Gasteiger partial charge in [-0.25, -0.2) is 9.59 Å². The number of hydrogen-bond donors (Lipinski definition) is 3. The Hall–Kier alpha value is -2.02. The number of nitrogens with zero attached hydrogens (tertiary/aromatic N) is 1. The van der Waals surface area contributed by atoms with Gasteiger partial charge in [-0.1, -0.05) is 6.92 Å². The minimum absolute atomic E-state index is 0.0644. The van der Waals surface area contributed by atoms with E-state index in [2.05, 4.69) is 17.2 Å². The number of likely N-dealkylation sites (tertiary alicyclic amines) is 1. The van der Waals surface area contributed by atoms with Crippen LogP contribution in [0.1, 0.15) is 56.6 Å². The molecule has 2 rings (SSSR count). The molecule has 1 aromatic heterocycles. The Balaban J connectivity index is 1.89. The highest BCUT2D eigenvalue weighted by molar-refractivity contribution is 5.88. The summed E-state index contributed by atoms with van der Waals surface area (Å²) in [6.45, 7) is 10.2. The standard InChI is InChI=1S/C18H29N3O4/c1-17(2,3)25-16(24)21-9-5-7-18(4,12-21)11-19-10-14-13(15(22)23)6-8-20-14/h6,8,19-20H,5,7,9-12H2,1-4H3,(H,22,23). The minimum Gasteiger partial charge on any atom is -0.478 e. The Morgan fingerprint density at radius 2 is 2.16 bits per heavy atom. The fourth-order valence-electron chi connectivity index (χ4n) is 3.18. The second kappa shape index (κ2) is 7.47. The van der Waals surface area contributed by atoms with Crippen LogP contribution in [-0.4, -0.2) is 52.3 Å². The van der Waals surface area contributed by atoms with Crippen molar-refractivity contribution in [3.63, 3.8) is 0 Å². The Bertz CT molecular complexity index is 620. The number of aromatic amines is 1. The first kappa shape index (κ1) is 19.3. The van der Waals surface area contributed by atoms with E-state index in [0.717, 1.165) is 12.8 Å². The van der Waals surface area contributed by atoms with E-state index in [1.165, 1.54) is 0 Å². The van der Waals surface area contributed by atoms with E-state index in [-0.39, 0.29) is 17.1 Å². The van der Waals surface area contributed by atoms with Gasteiger partial charge >= 0.3 is 12.1 Å². The largest absolute Gasteiger partial charge is 0.478 e. The number of nitrogens with one attached hydrogen (secondary N) is 2. The van der Waals surface area contributed by atoms with E-state index in [1.807, 2.05) is 20.8 Å². The zero-order chi connectivity index (χ0) is 18.7. The van der Waals surface area contributed by atoms with Crippen LogP contribution in [0.3, 0.4) is 0 Å². The number of hydrogen-bond acceptors (Lipinski definition) is 4. The predicted molar refractivity (Wildman–Crippen MR) is 94.6 cm³/mol. The summed E-state index contributed by atoms with van der Waals surface area (Å²) >= 11 is 0. The third-order valence-corrected chi connectivity index (χ3v) is 4.35. The van der Waals surface area contributed by atoms with Crippen LogP contribution in [-0.2, 0) is 11.3 Å². The summed E-state index contributed by atoms with van der Waals surface area (Å²) in [5, 5.41) is 12.5. The van der Waals surface area contributed by atoms with Crippen LogP contribution in [0.15, 0.2) is 12.3 Å². The van der Waals surface area contributed by atoms with Crippen molar-refractivity contribution >= 4 is 12.1 Å². The van der Waals surface area contributed by atoms with Gasteiger partial charge in [-0.3, -0.25) is 0 Å². The van der Waals surface area contributed by atoms with Crippen molar-refractivity contribution in [1.82, 2.24) is 15.2 Å². The molecule has 1 aliphatic heterocycles. The average molecular weight is 351 g/mol. The maximum atomic E-state index is 12.3. The smallest absolute Gasteiger partial charge is 0.410 e. The number of piperidine rings is 1. The molecule has 7 heteroatoms. The van der Waals surface area contributed by atoms with Gasteiger partial charge in [0.1, 0.15) is 5.60 Å². The molecule has 7 nitrogen and oxygen atoms in total. The highest BCUT2D eigenvalue weighted by Gasteiger charge is 2.34. The first-order valence-electron chi connectivity index (χ1n) is 8.68. The van der Waals surface area contributed by atoms with Crippen LogP contribution in [0.4, 0.5) is 4.79 Å². The van der Waals surface area contributed by atoms with Gasteiger partial charge in [0, 0.05) is 38.1 Å². The topological polar surface area (TPSA) is 94.7 Å². The molecule has 1 atom stereocenters. The molecule has 0 spiro atoms. The Morgan fingerprint density at radius 1 is 1.44 bits per heavy atom. The summed E-state index contributed by atoms with van der Waals surface area (Å²) in [4.78, 5) is 28.2. The van der Waals surface area contributed by atoms with Gasteiger partial charge in [0.25, 0.3) is 0 Å². The SMILES string of the molecule is CC1(CNCc2[nH]ccc2C(=O)O)CCCN(C(=O)OC(C)(C)C)C1. The van der Waals surface area contributed by atoms with Crippen molar-refractivity contribution in [2.24, 2.45) is 5.41 Å². The summed E-state index contributed by atoms with van der Waals surface area (Å²) in [5.74, 6) is -0.932. The normalized spacial score (nSPS) is 21.2.